The minimum Gasteiger partial charge on any atom is -0.399 e. The number of rotatable bonds is 3. The SMILES string of the molecule is CC(Sc1cccc(N)c1)C(=O)N1CCOCC1. The number of ether oxygens (including phenoxy) is 1. The van der Waals surface area contributed by atoms with Crippen LogP contribution >= 0.6 is 11.8 Å². The predicted molar refractivity (Wildman–Crippen MR) is 73.6 cm³/mol. The van der Waals surface area contributed by atoms with Crippen LogP contribution in [0.1, 0.15) is 6.92 Å². The standard InChI is InChI=1S/C13H18N2O2S/c1-10(13(16)15-5-7-17-8-6-15)18-12-4-2-3-11(14)9-12/h2-4,9-10H,5-8,14H2,1H3. The van der Waals surface area contributed by atoms with E-state index in [4.69, 9.17) is 10.5 Å². The zero-order valence-electron chi connectivity index (χ0n) is 10.5. The first-order valence-electron chi connectivity index (χ1n) is 6.05. The van der Waals surface area contributed by atoms with Crippen LogP contribution in [-0.2, 0) is 9.53 Å². The fourth-order valence-corrected chi connectivity index (χ4v) is 2.90. The van der Waals surface area contributed by atoms with E-state index in [0.717, 1.165) is 10.6 Å². The van der Waals surface area contributed by atoms with Crippen molar-refractivity contribution in [2.24, 2.45) is 0 Å². The molecule has 1 aliphatic rings. The number of benzene rings is 1. The summed E-state index contributed by atoms with van der Waals surface area (Å²) in [7, 11) is 0. The number of anilines is 1. The average molecular weight is 266 g/mol. The van der Waals surface area contributed by atoms with Gasteiger partial charge in [0.1, 0.15) is 0 Å². The Morgan fingerprint density at radius 3 is 2.83 bits per heavy atom. The molecule has 1 amide bonds. The molecule has 0 bridgehead atoms. The van der Waals surface area contributed by atoms with Crippen LogP contribution in [-0.4, -0.2) is 42.4 Å². The second-order valence-electron chi connectivity index (χ2n) is 4.27. The van der Waals surface area contributed by atoms with Gasteiger partial charge in [0.2, 0.25) is 5.91 Å². The first-order chi connectivity index (χ1) is 8.66. The van der Waals surface area contributed by atoms with Crippen molar-refractivity contribution >= 4 is 23.4 Å². The van der Waals surface area contributed by atoms with E-state index >= 15 is 0 Å². The van der Waals surface area contributed by atoms with Crippen LogP contribution in [0.3, 0.4) is 0 Å². The number of amides is 1. The van der Waals surface area contributed by atoms with Crippen molar-refractivity contribution in [1.29, 1.82) is 0 Å². The lowest BCUT2D eigenvalue weighted by molar-refractivity contribution is -0.134. The summed E-state index contributed by atoms with van der Waals surface area (Å²) in [6.45, 7) is 4.61. The number of nitrogen functional groups attached to an aromatic ring is 1. The Morgan fingerprint density at radius 1 is 1.44 bits per heavy atom. The zero-order chi connectivity index (χ0) is 13.0. The number of carbonyl (C=O) groups is 1. The minimum absolute atomic E-state index is 0.0927. The Kier molecular flexibility index (Phi) is 4.49. The summed E-state index contributed by atoms with van der Waals surface area (Å²) in [6.07, 6.45) is 0. The van der Waals surface area contributed by atoms with Gasteiger partial charge in [-0.15, -0.1) is 11.8 Å². The third-order valence-electron chi connectivity index (χ3n) is 2.84. The van der Waals surface area contributed by atoms with E-state index in [2.05, 4.69) is 0 Å². The summed E-state index contributed by atoms with van der Waals surface area (Å²) in [5.74, 6) is 0.172. The Hall–Kier alpha value is -1.20. The highest BCUT2D eigenvalue weighted by Gasteiger charge is 2.23. The molecule has 0 radical (unpaired) electrons. The lowest BCUT2D eigenvalue weighted by Gasteiger charge is -2.29. The number of carbonyl (C=O) groups excluding carboxylic acids is 1. The van der Waals surface area contributed by atoms with Crippen molar-refractivity contribution in [3.8, 4) is 0 Å². The number of morpholine rings is 1. The Bertz CT molecular complexity index is 419. The fourth-order valence-electron chi connectivity index (χ4n) is 1.88. The van der Waals surface area contributed by atoms with E-state index in [1.54, 1.807) is 11.8 Å². The van der Waals surface area contributed by atoms with Crippen LogP contribution < -0.4 is 5.73 Å². The average Bonchev–Trinajstić information content (AvgIpc) is 2.39. The van der Waals surface area contributed by atoms with E-state index in [9.17, 15) is 4.79 Å². The van der Waals surface area contributed by atoms with Gasteiger partial charge in [-0.05, 0) is 25.1 Å². The van der Waals surface area contributed by atoms with Gasteiger partial charge in [0.15, 0.2) is 0 Å². The third kappa shape index (κ3) is 3.40. The third-order valence-corrected chi connectivity index (χ3v) is 3.92. The molecule has 2 rings (SSSR count). The molecule has 1 aromatic carbocycles. The molecule has 1 atom stereocenters. The van der Waals surface area contributed by atoms with Crippen molar-refractivity contribution in [2.45, 2.75) is 17.1 Å². The normalized spacial score (nSPS) is 17.5. The summed E-state index contributed by atoms with van der Waals surface area (Å²) < 4.78 is 5.25. The number of nitrogens with two attached hydrogens (primary N) is 1. The molecule has 1 aromatic rings. The summed E-state index contributed by atoms with van der Waals surface area (Å²) in [4.78, 5) is 15.1. The quantitative estimate of drug-likeness (QED) is 0.667. The molecular weight excluding hydrogens is 248 g/mol. The van der Waals surface area contributed by atoms with Gasteiger partial charge in [-0.2, -0.15) is 0 Å². The molecule has 5 heteroatoms. The van der Waals surface area contributed by atoms with Gasteiger partial charge in [0.05, 0.1) is 18.5 Å². The number of thioether (sulfide) groups is 1. The maximum atomic E-state index is 12.2. The Balaban J connectivity index is 1.94. The highest BCUT2D eigenvalue weighted by molar-refractivity contribution is 8.00. The van der Waals surface area contributed by atoms with Gasteiger partial charge in [0.25, 0.3) is 0 Å². The van der Waals surface area contributed by atoms with Crippen LogP contribution in [0.4, 0.5) is 5.69 Å². The van der Waals surface area contributed by atoms with E-state index in [-0.39, 0.29) is 11.2 Å². The first-order valence-corrected chi connectivity index (χ1v) is 6.93. The van der Waals surface area contributed by atoms with E-state index in [1.165, 1.54) is 0 Å². The molecule has 0 aliphatic carbocycles. The van der Waals surface area contributed by atoms with Crippen molar-refractivity contribution < 1.29 is 9.53 Å². The molecule has 1 heterocycles. The molecule has 2 N–H and O–H groups in total. The van der Waals surface area contributed by atoms with Crippen LogP contribution in [0.25, 0.3) is 0 Å². The smallest absolute Gasteiger partial charge is 0.235 e. The highest BCUT2D eigenvalue weighted by atomic mass is 32.2. The minimum atomic E-state index is -0.0927. The van der Waals surface area contributed by atoms with Crippen LogP contribution in [0.5, 0.6) is 0 Å². The predicted octanol–water partition coefficient (Wildman–Crippen LogP) is 1.61. The lowest BCUT2D eigenvalue weighted by atomic mass is 10.3. The summed E-state index contributed by atoms with van der Waals surface area (Å²) >= 11 is 1.55. The van der Waals surface area contributed by atoms with Gasteiger partial charge in [-0.3, -0.25) is 4.79 Å². The van der Waals surface area contributed by atoms with Gasteiger partial charge >= 0.3 is 0 Å². The van der Waals surface area contributed by atoms with E-state index < -0.39 is 0 Å². The topological polar surface area (TPSA) is 55.6 Å². The molecule has 0 spiro atoms. The fraction of sp³-hybridized carbons (Fsp3) is 0.462. The van der Waals surface area contributed by atoms with Gasteiger partial charge in [-0.25, -0.2) is 0 Å². The largest absolute Gasteiger partial charge is 0.399 e. The molecule has 1 unspecified atom stereocenters. The number of hydrogen-bond acceptors (Lipinski definition) is 4. The summed E-state index contributed by atoms with van der Waals surface area (Å²) in [5.41, 5.74) is 6.46. The Morgan fingerprint density at radius 2 is 2.17 bits per heavy atom. The molecular formula is C13H18N2O2S. The highest BCUT2D eigenvalue weighted by Crippen LogP contribution is 2.26. The molecule has 0 aromatic heterocycles. The molecule has 98 valence electrons. The molecule has 1 saturated heterocycles. The monoisotopic (exact) mass is 266 g/mol. The van der Waals surface area contributed by atoms with Gasteiger partial charge in [0, 0.05) is 23.7 Å². The second kappa shape index (κ2) is 6.11. The van der Waals surface area contributed by atoms with E-state index in [0.29, 0.717) is 26.3 Å². The maximum Gasteiger partial charge on any atom is 0.235 e. The summed E-state index contributed by atoms with van der Waals surface area (Å²) in [6, 6.07) is 7.63. The molecule has 0 saturated carbocycles. The first kappa shape index (κ1) is 13.2. The molecule has 1 fully saturated rings. The number of nitrogens with zero attached hydrogens (tertiary/aromatic N) is 1. The molecule has 1 aliphatic heterocycles. The molecule has 18 heavy (non-hydrogen) atoms. The maximum absolute atomic E-state index is 12.2. The van der Waals surface area contributed by atoms with E-state index in [1.807, 2.05) is 36.1 Å². The Labute approximate surface area is 111 Å². The summed E-state index contributed by atoms with van der Waals surface area (Å²) in [5, 5.41) is -0.0927. The van der Waals surface area contributed by atoms with Gasteiger partial charge < -0.3 is 15.4 Å². The van der Waals surface area contributed by atoms with Crippen molar-refractivity contribution in [3.05, 3.63) is 24.3 Å². The lowest BCUT2D eigenvalue weighted by Crippen LogP contribution is -2.44. The number of hydrogen-bond donors (Lipinski definition) is 1. The second-order valence-corrected chi connectivity index (χ2v) is 5.68. The van der Waals surface area contributed by atoms with Crippen LogP contribution in [0.2, 0.25) is 0 Å². The van der Waals surface area contributed by atoms with Crippen molar-refractivity contribution in [3.63, 3.8) is 0 Å². The van der Waals surface area contributed by atoms with Gasteiger partial charge in [-0.1, -0.05) is 6.07 Å². The van der Waals surface area contributed by atoms with Crippen molar-refractivity contribution in [1.82, 2.24) is 4.90 Å². The zero-order valence-corrected chi connectivity index (χ0v) is 11.3. The van der Waals surface area contributed by atoms with Crippen LogP contribution in [0.15, 0.2) is 29.2 Å². The molecule has 4 nitrogen and oxygen atoms in total. The van der Waals surface area contributed by atoms with Crippen LogP contribution in [0, 0.1) is 0 Å². The van der Waals surface area contributed by atoms with Crippen molar-refractivity contribution in [2.75, 3.05) is 32.0 Å².